The van der Waals surface area contributed by atoms with Crippen molar-refractivity contribution in [2.24, 2.45) is 5.73 Å². The number of hydrogen-bond acceptors (Lipinski definition) is 8. The number of alkyl halides is 1. The first-order valence-corrected chi connectivity index (χ1v) is 7.40. The summed E-state index contributed by atoms with van der Waals surface area (Å²) in [6, 6.07) is 7.79. The second-order valence-corrected chi connectivity index (χ2v) is 5.06. The maximum Gasteiger partial charge on any atom is 0.279 e. The number of benzene rings is 1. The lowest BCUT2D eigenvalue weighted by Crippen LogP contribution is -2.55. The first kappa shape index (κ1) is 19.4. The smallest absolute Gasteiger partial charge is 0.279 e. The van der Waals surface area contributed by atoms with Crippen molar-refractivity contribution in [2.45, 2.75) is 12.0 Å². The fraction of sp³-hybridized carbons (Fsp3) is 0.250. The Morgan fingerprint density at radius 3 is 2.85 bits per heavy atom. The van der Waals surface area contributed by atoms with Crippen LogP contribution in [-0.4, -0.2) is 40.2 Å². The fourth-order valence-electron chi connectivity index (χ4n) is 1.97. The minimum absolute atomic E-state index is 0.0707. The second kappa shape index (κ2) is 8.93. The van der Waals surface area contributed by atoms with Crippen molar-refractivity contribution in [2.75, 3.05) is 13.3 Å². The highest BCUT2D eigenvalue weighted by Crippen LogP contribution is 2.26. The molecule has 1 aromatic heterocycles. The van der Waals surface area contributed by atoms with Gasteiger partial charge in [0.2, 0.25) is 0 Å². The van der Waals surface area contributed by atoms with E-state index in [1.54, 1.807) is 0 Å². The van der Waals surface area contributed by atoms with Crippen molar-refractivity contribution in [3.8, 4) is 6.07 Å². The molecular formula is C16H16FN5O4. The van der Waals surface area contributed by atoms with Crippen LogP contribution in [0.3, 0.4) is 0 Å². The highest BCUT2D eigenvalue weighted by molar-refractivity contribution is 5.92. The number of nitrogens with two attached hydrogens (primary N) is 1. The Balaban J connectivity index is 2.17. The number of aliphatic hydroxyl groups is 1. The number of carbonyl (C=O) groups excluding carboxylic acids is 1. The topological polar surface area (TPSA) is 143 Å². The summed E-state index contributed by atoms with van der Waals surface area (Å²) in [4.78, 5) is 24.4. The summed E-state index contributed by atoms with van der Waals surface area (Å²) in [5.41, 5.74) is 8.42. The summed E-state index contributed by atoms with van der Waals surface area (Å²) in [5.74, 6) is -3.05. The van der Waals surface area contributed by atoms with E-state index in [1.807, 2.05) is 11.5 Å². The molecule has 0 saturated carbocycles. The Bertz CT molecular complexity index is 786. The summed E-state index contributed by atoms with van der Waals surface area (Å²) < 4.78 is 17.6. The van der Waals surface area contributed by atoms with Crippen molar-refractivity contribution < 1.29 is 23.9 Å². The molecule has 9 nitrogen and oxygen atoms in total. The van der Waals surface area contributed by atoms with Gasteiger partial charge in [0.25, 0.3) is 11.8 Å². The molecule has 0 radical (unpaired) electrons. The van der Waals surface area contributed by atoms with Crippen molar-refractivity contribution in [3.63, 3.8) is 0 Å². The molecule has 26 heavy (non-hydrogen) atoms. The van der Waals surface area contributed by atoms with Crippen LogP contribution in [0.2, 0.25) is 0 Å². The van der Waals surface area contributed by atoms with Crippen LogP contribution in [0.1, 0.15) is 27.6 Å². The number of nitriles is 1. The number of aromatic nitrogens is 2. The number of hydroxylamine groups is 1. The fourth-order valence-corrected chi connectivity index (χ4v) is 1.97. The van der Waals surface area contributed by atoms with Gasteiger partial charge in [0, 0.05) is 12.4 Å². The summed E-state index contributed by atoms with van der Waals surface area (Å²) in [6.45, 7) is -1.39. The largest absolute Gasteiger partial charge is 0.381 e. The van der Waals surface area contributed by atoms with Crippen molar-refractivity contribution in [3.05, 3.63) is 59.7 Å². The lowest BCUT2D eigenvalue weighted by Gasteiger charge is -2.32. The van der Waals surface area contributed by atoms with E-state index in [1.165, 1.54) is 43.0 Å². The van der Waals surface area contributed by atoms with Gasteiger partial charge >= 0.3 is 0 Å². The number of amides is 1. The SMILES string of the molecule is N#Cc1cccc(C(O)C(N)(OCCF)ONC(=O)c2cncnc2)c1. The van der Waals surface area contributed by atoms with Gasteiger partial charge in [-0.2, -0.15) is 5.26 Å². The van der Waals surface area contributed by atoms with E-state index in [-0.39, 0.29) is 16.7 Å². The van der Waals surface area contributed by atoms with Crippen LogP contribution in [0.4, 0.5) is 4.39 Å². The molecule has 0 saturated heterocycles. The molecule has 1 heterocycles. The number of hydrogen-bond donors (Lipinski definition) is 3. The van der Waals surface area contributed by atoms with Crippen LogP contribution < -0.4 is 11.2 Å². The summed E-state index contributed by atoms with van der Waals surface area (Å²) >= 11 is 0. The van der Waals surface area contributed by atoms with Crippen molar-refractivity contribution in [1.82, 2.24) is 15.4 Å². The number of rotatable bonds is 8. The van der Waals surface area contributed by atoms with E-state index in [0.29, 0.717) is 0 Å². The Hall–Kier alpha value is -2.97. The average molecular weight is 361 g/mol. The van der Waals surface area contributed by atoms with Crippen molar-refractivity contribution in [1.29, 1.82) is 5.26 Å². The molecule has 0 aliphatic carbocycles. The van der Waals surface area contributed by atoms with E-state index < -0.39 is 31.2 Å². The van der Waals surface area contributed by atoms with Crippen LogP contribution >= 0.6 is 0 Å². The maximum absolute atomic E-state index is 12.5. The zero-order chi connectivity index (χ0) is 19.0. The average Bonchev–Trinajstić information content (AvgIpc) is 2.70. The number of nitrogens with zero attached hydrogens (tertiary/aromatic N) is 3. The first-order chi connectivity index (χ1) is 12.5. The van der Waals surface area contributed by atoms with Gasteiger partial charge in [0.1, 0.15) is 19.1 Å². The molecule has 10 heteroatoms. The lowest BCUT2D eigenvalue weighted by atomic mass is 10.0. The third kappa shape index (κ3) is 4.78. The van der Waals surface area contributed by atoms with Gasteiger partial charge in [0.15, 0.2) is 0 Å². The second-order valence-electron chi connectivity index (χ2n) is 5.06. The Kier molecular flexibility index (Phi) is 6.65. The molecule has 136 valence electrons. The Morgan fingerprint density at radius 1 is 1.46 bits per heavy atom. The molecule has 2 aromatic rings. The van der Waals surface area contributed by atoms with E-state index in [2.05, 4.69) is 9.97 Å². The van der Waals surface area contributed by atoms with E-state index in [4.69, 9.17) is 20.6 Å². The van der Waals surface area contributed by atoms with Gasteiger partial charge in [-0.3, -0.25) is 10.5 Å². The molecule has 2 atom stereocenters. The predicted molar refractivity (Wildman–Crippen MR) is 85.5 cm³/mol. The summed E-state index contributed by atoms with van der Waals surface area (Å²) in [7, 11) is 0. The number of aliphatic hydroxyl groups excluding tert-OH is 1. The minimum atomic E-state index is -2.30. The van der Waals surface area contributed by atoms with Gasteiger partial charge in [-0.05, 0) is 17.7 Å². The molecule has 1 aromatic carbocycles. The molecule has 0 bridgehead atoms. The Labute approximate surface area is 148 Å². The third-order valence-electron chi connectivity index (χ3n) is 3.24. The molecule has 2 unspecified atom stereocenters. The molecule has 0 fully saturated rings. The normalized spacial score (nSPS) is 14.1. The van der Waals surface area contributed by atoms with Gasteiger partial charge in [-0.25, -0.2) is 24.7 Å². The van der Waals surface area contributed by atoms with E-state index in [9.17, 15) is 14.3 Å². The molecule has 2 rings (SSSR count). The van der Waals surface area contributed by atoms with Gasteiger partial charge in [0.05, 0.1) is 23.8 Å². The van der Waals surface area contributed by atoms with E-state index >= 15 is 0 Å². The molecule has 1 amide bonds. The first-order valence-electron chi connectivity index (χ1n) is 7.40. The molecule has 0 aliphatic rings. The minimum Gasteiger partial charge on any atom is -0.381 e. The zero-order valence-corrected chi connectivity index (χ0v) is 13.5. The zero-order valence-electron chi connectivity index (χ0n) is 13.5. The highest BCUT2D eigenvalue weighted by Gasteiger charge is 2.39. The summed E-state index contributed by atoms with van der Waals surface area (Å²) in [5, 5.41) is 19.4. The summed E-state index contributed by atoms with van der Waals surface area (Å²) in [6.07, 6.45) is 2.08. The maximum atomic E-state index is 12.5. The van der Waals surface area contributed by atoms with Gasteiger partial charge in [-0.15, -0.1) is 0 Å². The standard InChI is InChI=1S/C16H16FN5O4/c17-4-5-25-16(19,14(23)12-3-1-2-11(6-12)7-18)26-22-15(24)13-8-20-10-21-9-13/h1-3,6,8-10,14,23H,4-5,19H2,(H,22,24). The van der Waals surface area contributed by atoms with Crippen LogP contribution in [-0.2, 0) is 9.57 Å². The lowest BCUT2D eigenvalue weighted by molar-refractivity contribution is -0.302. The number of nitrogens with one attached hydrogen (secondary N) is 1. The molecule has 0 aliphatic heterocycles. The number of halogens is 1. The van der Waals surface area contributed by atoms with Gasteiger partial charge in [-0.1, -0.05) is 12.1 Å². The molecule has 4 N–H and O–H groups in total. The molecule has 0 spiro atoms. The predicted octanol–water partition coefficient (Wildman–Crippen LogP) is 0.342. The van der Waals surface area contributed by atoms with Crippen LogP contribution in [0.25, 0.3) is 0 Å². The van der Waals surface area contributed by atoms with Crippen LogP contribution in [0.15, 0.2) is 43.0 Å². The Morgan fingerprint density at radius 2 is 2.19 bits per heavy atom. The highest BCUT2D eigenvalue weighted by atomic mass is 19.1. The van der Waals surface area contributed by atoms with Crippen LogP contribution in [0, 0.1) is 11.3 Å². The number of carbonyl (C=O) groups is 1. The quantitative estimate of drug-likeness (QED) is 0.451. The van der Waals surface area contributed by atoms with Crippen molar-refractivity contribution >= 4 is 5.91 Å². The van der Waals surface area contributed by atoms with Gasteiger partial charge < -0.3 is 9.84 Å². The molecular weight excluding hydrogens is 345 g/mol. The monoisotopic (exact) mass is 361 g/mol. The third-order valence-corrected chi connectivity index (χ3v) is 3.24. The number of ether oxygens (including phenoxy) is 1. The van der Waals surface area contributed by atoms with Crippen LogP contribution in [0.5, 0.6) is 0 Å². The van der Waals surface area contributed by atoms with E-state index in [0.717, 1.165) is 0 Å².